The van der Waals surface area contributed by atoms with Crippen molar-refractivity contribution in [1.82, 2.24) is 14.7 Å². The molecule has 1 aliphatic heterocycles. The molecule has 1 saturated heterocycles. The predicted octanol–water partition coefficient (Wildman–Crippen LogP) is 4.60. The van der Waals surface area contributed by atoms with Gasteiger partial charge < -0.3 is 4.90 Å². The van der Waals surface area contributed by atoms with Gasteiger partial charge in [0.2, 0.25) is 0 Å². The van der Waals surface area contributed by atoms with E-state index in [-0.39, 0.29) is 18.3 Å². The van der Waals surface area contributed by atoms with E-state index >= 15 is 0 Å². The number of aromatic nitrogens is 2. The topological polar surface area (TPSA) is 21.1 Å². The van der Waals surface area contributed by atoms with E-state index < -0.39 is 5.92 Å². The van der Waals surface area contributed by atoms with Crippen LogP contribution in [0.15, 0.2) is 0 Å². The number of halogens is 2. The maximum absolute atomic E-state index is 13.3. The molecule has 0 amide bonds. The maximum atomic E-state index is 13.3. The van der Waals surface area contributed by atoms with E-state index in [1.165, 1.54) is 17.0 Å². The molecular weight excluding hydrogens is 308 g/mol. The molecule has 0 aliphatic carbocycles. The number of piperidine rings is 1. The van der Waals surface area contributed by atoms with Crippen LogP contribution in [0.25, 0.3) is 0 Å². The van der Waals surface area contributed by atoms with E-state index in [1.807, 2.05) is 0 Å². The summed E-state index contributed by atoms with van der Waals surface area (Å²) in [5.41, 5.74) is 3.92. The van der Waals surface area contributed by atoms with Crippen molar-refractivity contribution >= 4 is 0 Å². The minimum atomic E-state index is -2.47. The van der Waals surface area contributed by atoms with Gasteiger partial charge >= 0.3 is 0 Å². The normalized spacial score (nSPS) is 19.2. The van der Waals surface area contributed by atoms with Crippen LogP contribution < -0.4 is 0 Å². The number of hydrogen-bond donors (Lipinski definition) is 0. The zero-order chi connectivity index (χ0) is 18.1. The summed E-state index contributed by atoms with van der Waals surface area (Å²) in [5.74, 6) is -2.07. The van der Waals surface area contributed by atoms with Crippen molar-refractivity contribution in [2.45, 2.75) is 84.6 Å². The smallest absolute Gasteiger partial charge is 0.250 e. The first-order chi connectivity index (χ1) is 11.0. The summed E-state index contributed by atoms with van der Waals surface area (Å²) in [4.78, 5) is 2.14. The quantitative estimate of drug-likeness (QED) is 0.780. The molecule has 0 atom stereocenters. The number of alkyl halides is 2. The molecule has 24 heavy (non-hydrogen) atoms. The zero-order valence-electron chi connectivity index (χ0n) is 16.1. The van der Waals surface area contributed by atoms with Gasteiger partial charge in [-0.1, -0.05) is 41.5 Å². The first kappa shape index (κ1) is 19.4. The Hall–Kier alpha value is -0.970. The Labute approximate surface area is 145 Å². The van der Waals surface area contributed by atoms with Gasteiger partial charge in [-0.3, -0.25) is 4.68 Å². The highest BCUT2D eigenvalue weighted by molar-refractivity contribution is 5.35. The van der Waals surface area contributed by atoms with Crippen molar-refractivity contribution in [3.63, 3.8) is 0 Å². The molecule has 0 saturated carbocycles. The molecule has 2 heterocycles. The maximum Gasteiger partial charge on any atom is 0.250 e. The van der Waals surface area contributed by atoms with Crippen LogP contribution >= 0.6 is 0 Å². The molecule has 2 rings (SSSR count). The largest absolute Gasteiger partial charge is 0.301 e. The molecule has 3 nitrogen and oxygen atoms in total. The van der Waals surface area contributed by atoms with Crippen LogP contribution in [0.1, 0.15) is 77.3 Å². The van der Waals surface area contributed by atoms with Crippen LogP contribution in [0.3, 0.4) is 0 Å². The molecule has 1 aliphatic rings. The van der Waals surface area contributed by atoms with E-state index in [9.17, 15) is 8.78 Å². The van der Waals surface area contributed by atoms with Crippen LogP contribution in [0.4, 0.5) is 8.78 Å². The van der Waals surface area contributed by atoms with Gasteiger partial charge in [0.1, 0.15) is 0 Å². The van der Waals surface area contributed by atoms with Crippen molar-refractivity contribution in [3.8, 4) is 0 Å². The third-order valence-corrected chi connectivity index (χ3v) is 4.91. The Morgan fingerprint density at radius 1 is 1.12 bits per heavy atom. The number of nitrogens with zero attached hydrogens (tertiary/aromatic N) is 3. The van der Waals surface area contributed by atoms with Crippen molar-refractivity contribution in [1.29, 1.82) is 0 Å². The standard InChI is InChI=1S/C19H33F2N3/c1-7-15-16(18(4,5)6)17(14(2)3)24(22-15)13-12-23-10-8-19(20,21)9-11-23/h14H,7-13H2,1-6H3. The Morgan fingerprint density at radius 3 is 2.17 bits per heavy atom. The molecule has 138 valence electrons. The first-order valence-electron chi connectivity index (χ1n) is 9.25. The highest BCUT2D eigenvalue weighted by Crippen LogP contribution is 2.34. The van der Waals surface area contributed by atoms with E-state index in [4.69, 9.17) is 5.10 Å². The molecule has 0 unspecified atom stereocenters. The second-order valence-corrected chi connectivity index (χ2v) is 8.39. The van der Waals surface area contributed by atoms with Gasteiger partial charge in [0.25, 0.3) is 5.92 Å². The predicted molar refractivity (Wildman–Crippen MR) is 95.0 cm³/mol. The molecule has 1 fully saturated rings. The fourth-order valence-electron chi connectivity index (χ4n) is 3.69. The average Bonchev–Trinajstić information content (AvgIpc) is 2.85. The fraction of sp³-hybridized carbons (Fsp3) is 0.842. The summed E-state index contributed by atoms with van der Waals surface area (Å²) in [6.07, 6.45) is 0.891. The van der Waals surface area contributed by atoms with Crippen molar-refractivity contribution < 1.29 is 8.78 Å². The van der Waals surface area contributed by atoms with Crippen molar-refractivity contribution in [2.75, 3.05) is 19.6 Å². The van der Waals surface area contributed by atoms with Gasteiger partial charge in [-0.15, -0.1) is 0 Å². The van der Waals surface area contributed by atoms with Gasteiger partial charge in [0.05, 0.1) is 12.2 Å². The van der Waals surface area contributed by atoms with Crippen LogP contribution in [-0.2, 0) is 18.4 Å². The van der Waals surface area contributed by atoms with Gasteiger partial charge in [-0.05, 0) is 17.8 Å². The zero-order valence-corrected chi connectivity index (χ0v) is 16.1. The summed E-state index contributed by atoms with van der Waals surface area (Å²) in [6, 6.07) is 0. The van der Waals surface area contributed by atoms with Crippen LogP contribution in [0.5, 0.6) is 0 Å². The molecule has 5 heteroatoms. The molecular formula is C19H33F2N3. The molecule has 0 spiro atoms. The van der Waals surface area contributed by atoms with E-state index in [0.29, 0.717) is 19.0 Å². The number of hydrogen-bond acceptors (Lipinski definition) is 2. The molecule has 1 aromatic heterocycles. The molecule has 0 aromatic carbocycles. The Bertz CT molecular complexity index is 546. The third kappa shape index (κ3) is 4.35. The van der Waals surface area contributed by atoms with E-state index in [2.05, 4.69) is 51.1 Å². The monoisotopic (exact) mass is 341 g/mol. The highest BCUT2D eigenvalue weighted by Gasteiger charge is 2.34. The van der Waals surface area contributed by atoms with Gasteiger partial charge in [-0.2, -0.15) is 5.10 Å². The molecule has 1 aromatic rings. The second-order valence-electron chi connectivity index (χ2n) is 8.39. The highest BCUT2D eigenvalue weighted by atomic mass is 19.3. The lowest BCUT2D eigenvalue weighted by Gasteiger charge is -2.31. The SMILES string of the molecule is CCc1nn(CCN2CCC(F)(F)CC2)c(C(C)C)c1C(C)(C)C. The minimum Gasteiger partial charge on any atom is -0.301 e. The minimum absolute atomic E-state index is 0.0173. The van der Waals surface area contributed by atoms with Gasteiger partial charge in [-0.25, -0.2) is 8.78 Å². The van der Waals surface area contributed by atoms with E-state index in [0.717, 1.165) is 19.5 Å². The van der Waals surface area contributed by atoms with Gasteiger partial charge in [0, 0.05) is 43.7 Å². The second kappa shape index (κ2) is 7.11. The average molecular weight is 341 g/mol. The lowest BCUT2D eigenvalue weighted by Crippen LogP contribution is -2.40. The molecule has 0 N–H and O–H groups in total. The summed E-state index contributed by atoms with van der Waals surface area (Å²) in [7, 11) is 0. The first-order valence-corrected chi connectivity index (χ1v) is 9.25. The number of rotatable bonds is 5. The summed E-state index contributed by atoms with van der Waals surface area (Å²) < 4.78 is 28.7. The van der Waals surface area contributed by atoms with Gasteiger partial charge in [0.15, 0.2) is 0 Å². The lowest BCUT2D eigenvalue weighted by atomic mass is 9.82. The Balaban J connectivity index is 2.17. The Kier molecular flexibility index (Phi) is 5.73. The van der Waals surface area contributed by atoms with Crippen LogP contribution in [-0.4, -0.2) is 40.2 Å². The summed E-state index contributed by atoms with van der Waals surface area (Å²) in [6.45, 7) is 15.8. The van der Waals surface area contributed by atoms with E-state index in [1.54, 1.807) is 0 Å². The number of likely N-dealkylation sites (tertiary alicyclic amines) is 1. The van der Waals surface area contributed by atoms with Crippen LogP contribution in [0, 0.1) is 0 Å². The van der Waals surface area contributed by atoms with Crippen LogP contribution in [0.2, 0.25) is 0 Å². The lowest BCUT2D eigenvalue weighted by molar-refractivity contribution is -0.0556. The summed E-state index contributed by atoms with van der Waals surface area (Å²) in [5, 5.41) is 4.87. The van der Waals surface area contributed by atoms with Crippen molar-refractivity contribution in [3.05, 3.63) is 17.0 Å². The molecule has 0 bridgehead atoms. The fourth-order valence-corrected chi connectivity index (χ4v) is 3.69. The van der Waals surface area contributed by atoms with Crippen molar-refractivity contribution in [2.24, 2.45) is 0 Å². The molecule has 0 radical (unpaired) electrons. The Morgan fingerprint density at radius 2 is 1.71 bits per heavy atom. The number of aryl methyl sites for hydroxylation is 1. The third-order valence-electron chi connectivity index (χ3n) is 4.91. The summed E-state index contributed by atoms with van der Waals surface area (Å²) >= 11 is 0.